The van der Waals surface area contributed by atoms with E-state index in [1.165, 1.54) is 0 Å². The minimum atomic E-state index is 0.182. The van der Waals surface area contributed by atoms with Gasteiger partial charge in [-0.2, -0.15) is 0 Å². The lowest BCUT2D eigenvalue weighted by atomic mass is 9.96. The summed E-state index contributed by atoms with van der Waals surface area (Å²) in [5.41, 5.74) is 1.14. The Morgan fingerprint density at radius 2 is 2.11 bits per heavy atom. The molecule has 0 aliphatic carbocycles. The van der Waals surface area contributed by atoms with Crippen LogP contribution in [-0.4, -0.2) is 33.3 Å². The van der Waals surface area contributed by atoms with Gasteiger partial charge in [0.05, 0.1) is 11.7 Å². The summed E-state index contributed by atoms with van der Waals surface area (Å²) in [5, 5.41) is 0. The van der Waals surface area contributed by atoms with E-state index in [1.807, 2.05) is 23.2 Å². The zero-order valence-electron chi connectivity index (χ0n) is 10.5. The van der Waals surface area contributed by atoms with Crippen molar-refractivity contribution >= 4 is 11.4 Å². The van der Waals surface area contributed by atoms with Gasteiger partial charge < -0.3 is 9.30 Å². The minimum Gasteiger partial charge on any atom is -0.343 e. The number of hydrogen-bond acceptors (Lipinski definition) is 2. The Kier molecular flexibility index (Phi) is 2.78. The molecule has 4 nitrogen and oxygen atoms in total. The smallest absolute Gasteiger partial charge is 0.219 e. The molecule has 0 atom stereocenters. The Hall–Kier alpha value is -1.84. The van der Waals surface area contributed by atoms with E-state index >= 15 is 0 Å². The van der Waals surface area contributed by atoms with E-state index in [4.69, 9.17) is 0 Å². The monoisotopic (exact) mass is 243 g/mol. The van der Waals surface area contributed by atoms with Crippen molar-refractivity contribution in [2.75, 3.05) is 13.1 Å². The number of rotatable bonds is 1. The number of likely N-dealkylation sites (tertiary alicyclic amines) is 1. The number of nitrogens with zero attached hydrogens (tertiary/aromatic N) is 3. The summed E-state index contributed by atoms with van der Waals surface area (Å²) in [6.45, 7) is 3.34. The molecule has 0 saturated carbocycles. The molecule has 1 saturated heterocycles. The first-order chi connectivity index (χ1) is 8.75. The van der Waals surface area contributed by atoms with E-state index in [1.54, 1.807) is 6.92 Å². The third-order valence-corrected chi connectivity index (χ3v) is 3.77. The fourth-order valence-corrected chi connectivity index (χ4v) is 2.72. The van der Waals surface area contributed by atoms with Crippen LogP contribution in [0.4, 0.5) is 0 Å². The van der Waals surface area contributed by atoms with Crippen LogP contribution in [0, 0.1) is 0 Å². The lowest BCUT2D eigenvalue weighted by Crippen LogP contribution is -2.36. The fraction of sp³-hybridized carbons (Fsp3) is 0.429. The van der Waals surface area contributed by atoms with Crippen molar-refractivity contribution in [3.63, 3.8) is 0 Å². The molecule has 0 radical (unpaired) electrons. The zero-order valence-corrected chi connectivity index (χ0v) is 10.5. The molecule has 1 aliphatic rings. The van der Waals surface area contributed by atoms with Crippen LogP contribution in [0.3, 0.4) is 0 Å². The third-order valence-electron chi connectivity index (χ3n) is 3.77. The molecule has 18 heavy (non-hydrogen) atoms. The van der Waals surface area contributed by atoms with E-state index in [0.29, 0.717) is 5.92 Å². The molecule has 0 aromatic carbocycles. The third kappa shape index (κ3) is 1.88. The van der Waals surface area contributed by atoms with Gasteiger partial charge in [-0.1, -0.05) is 6.07 Å². The Morgan fingerprint density at radius 3 is 2.83 bits per heavy atom. The van der Waals surface area contributed by atoms with Crippen molar-refractivity contribution in [2.45, 2.75) is 25.7 Å². The summed E-state index contributed by atoms with van der Waals surface area (Å²) < 4.78 is 2.16. The Labute approximate surface area is 106 Å². The molecule has 1 amide bonds. The predicted molar refractivity (Wildman–Crippen MR) is 69.4 cm³/mol. The maximum atomic E-state index is 11.3. The molecule has 4 heteroatoms. The number of fused-ring (bicyclic) bond motifs is 1. The molecular weight excluding hydrogens is 226 g/mol. The Bertz CT molecular complexity index is 567. The van der Waals surface area contributed by atoms with Crippen molar-refractivity contribution in [1.82, 2.24) is 14.3 Å². The SMILES string of the molecule is CC(=O)N1CCC(c2ncc3ccccn23)CC1. The van der Waals surface area contributed by atoms with Gasteiger partial charge in [-0.15, -0.1) is 0 Å². The van der Waals surface area contributed by atoms with E-state index in [0.717, 1.165) is 37.3 Å². The number of hydrogen-bond donors (Lipinski definition) is 0. The molecule has 0 bridgehead atoms. The van der Waals surface area contributed by atoms with Crippen LogP contribution in [0.5, 0.6) is 0 Å². The van der Waals surface area contributed by atoms with Crippen molar-refractivity contribution in [3.8, 4) is 0 Å². The standard InChI is InChI=1S/C14H17N3O/c1-11(18)16-8-5-12(6-9-16)14-15-10-13-4-2-3-7-17(13)14/h2-4,7,10,12H,5-6,8-9H2,1H3. The first-order valence-electron chi connectivity index (χ1n) is 6.43. The largest absolute Gasteiger partial charge is 0.343 e. The number of carbonyl (C=O) groups excluding carboxylic acids is 1. The molecule has 3 rings (SSSR count). The summed E-state index contributed by atoms with van der Waals surface area (Å²) in [4.78, 5) is 17.8. The lowest BCUT2D eigenvalue weighted by Gasteiger charge is -2.30. The highest BCUT2D eigenvalue weighted by molar-refractivity contribution is 5.73. The Balaban J connectivity index is 1.82. The highest BCUT2D eigenvalue weighted by Crippen LogP contribution is 2.27. The molecule has 94 valence electrons. The van der Waals surface area contributed by atoms with Crippen molar-refractivity contribution < 1.29 is 4.79 Å². The number of carbonyl (C=O) groups is 1. The van der Waals surface area contributed by atoms with Gasteiger partial charge in [0.1, 0.15) is 5.82 Å². The number of piperidine rings is 1. The molecule has 0 spiro atoms. The van der Waals surface area contributed by atoms with E-state index in [2.05, 4.69) is 21.6 Å². The number of imidazole rings is 1. The maximum Gasteiger partial charge on any atom is 0.219 e. The van der Waals surface area contributed by atoms with Gasteiger partial charge in [-0.3, -0.25) is 4.79 Å². The summed E-state index contributed by atoms with van der Waals surface area (Å²) >= 11 is 0. The number of amides is 1. The number of pyridine rings is 1. The van der Waals surface area contributed by atoms with Gasteiger partial charge >= 0.3 is 0 Å². The van der Waals surface area contributed by atoms with Gasteiger partial charge in [0.15, 0.2) is 0 Å². The van der Waals surface area contributed by atoms with Crippen LogP contribution >= 0.6 is 0 Å². The second-order valence-corrected chi connectivity index (χ2v) is 4.89. The molecule has 1 fully saturated rings. The van der Waals surface area contributed by atoms with E-state index < -0.39 is 0 Å². The fourth-order valence-electron chi connectivity index (χ4n) is 2.72. The lowest BCUT2D eigenvalue weighted by molar-refractivity contribution is -0.129. The van der Waals surface area contributed by atoms with Crippen molar-refractivity contribution in [3.05, 3.63) is 36.4 Å². The highest BCUT2D eigenvalue weighted by Gasteiger charge is 2.24. The molecule has 3 heterocycles. The van der Waals surface area contributed by atoms with Gasteiger partial charge in [0.25, 0.3) is 0 Å². The highest BCUT2D eigenvalue weighted by atomic mass is 16.2. The predicted octanol–water partition coefficient (Wildman–Crippen LogP) is 2.06. The normalized spacial score (nSPS) is 17.3. The quantitative estimate of drug-likeness (QED) is 0.769. The average Bonchev–Trinajstić information content (AvgIpc) is 2.82. The van der Waals surface area contributed by atoms with Crippen LogP contribution in [0.1, 0.15) is 31.5 Å². The summed E-state index contributed by atoms with van der Waals surface area (Å²) in [7, 11) is 0. The molecule has 2 aromatic heterocycles. The second-order valence-electron chi connectivity index (χ2n) is 4.89. The Morgan fingerprint density at radius 1 is 1.33 bits per heavy atom. The molecule has 0 unspecified atom stereocenters. The van der Waals surface area contributed by atoms with E-state index in [-0.39, 0.29) is 5.91 Å². The van der Waals surface area contributed by atoms with Crippen LogP contribution in [0.2, 0.25) is 0 Å². The van der Waals surface area contributed by atoms with E-state index in [9.17, 15) is 4.79 Å². The molecule has 2 aromatic rings. The van der Waals surface area contributed by atoms with Crippen LogP contribution < -0.4 is 0 Å². The molecule has 1 aliphatic heterocycles. The van der Waals surface area contributed by atoms with Crippen molar-refractivity contribution in [2.24, 2.45) is 0 Å². The summed E-state index contributed by atoms with van der Waals surface area (Å²) in [6.07, 6.45) is 6.00. The first kappa shape index (κ1) is 11.3. The maximum absolute atomic E-state index is 11.3. The van der Waals surface area contributed by atoms with Gasteiger partial charge in [0, 0.05) is 32.1 Å². The van der Waals surface area contributed by atoms with Gasteiger partial charge in [0.2, 0.25) is 5.91 Å². The topological polar surface area (TPSA) is 37.6 Å². The molecular formula is C14H17N3O. The van der Waals surface area contributed by atoms with Gasteiger partial charge in [-0.25, -0.2) is 4.98 Å². The van der Waals surface area contributed by atoms with Crippen LogP contribution in [-0.2, 0) is 4.79 Å². The first-order valence-corrected chi connectivity index (χ1v) is 6.43. The van der Waals surface area contributed by atoms with Crippen molar-refractivity contribution in [1.29, 1.82) is 0 Å². The summed E-state index contributed by atoms with van der Waals surface area (Å²) in [5.74, 6) is 1.78. The van der Waals surface area contributed by atoms with Crippen LogP contribution in [0.15, 0.2) is 30.6 Å². The minimum absolute atomic E-state index is 0.182. The van der Waals surface area contributed by atoms with Crippen LogP contribution in [0.25, 0.3) is 5.52 Å². The zero-order chi connectivity index (χ0) is 12.5. The molecule has 0 N–H and O–H groups in total. The summed E-state index contributed by atoms with van der Waals surface area (Å²) in [6, 6.07) is 6.13. The average molecular weight is 243 g/mol. The second kappa shape index (κ2) is 4.44. The van der Waals surface area contributed by atoms with Gasteiger partial charge in [-0.05, 0) is 25.0 Å². The number of aromatic nitrogens is 2.